The fourth-order valence-electron chi connectivity index (χ4n) is 1.29. The molecule has 1 heterocycles. The van der Waals surface area contributed by atoms with E-state index in [-0.39, 0.29) is 5.82 Å². The van der Waals surface area contributed by atoms with Crippen molar-refractivity contribution in [3.63, 3.8) is 0 Å². The van der Waals surface area contributed by atoms with Gasteiger partial charge in [-0.2, -0.15) is 0 Å². The number of aliphatic hydroxyl groups excluding tert-OH is 1. The Morgan fingerprint density at radius 3 is 2.94 bits per heavy atom. The van der Waals surface area contributed by atoms with Crippen molar-refractivity contribution in [2.45, 2.75) is 22.3 Å². The first-order valence-corrected chi connectivity index (χ1v) is 6.41. The van der Waals surface area contributed by atoms with Crippen LogP contribution in [0.25, 0.3) is 0 Å². The molecule has 0 saturated heterocycles. The van der Waals surface area contributed by atoms with Gasteiger partial charge in [0, 0.05) is 16.5 Å². The highest BCUT2D eigenvalue weighted by Crippen LogP contribution is 2.34. The van der Waals surface area contributed by atoms with Gasteiger partial charge in [0.05, 0.1) is 6.10 Å². The SMILES string of the molecule is CC(O)c1cc(F)ccc1Sc1nccs1. The first kappa shape index (κ1) is 11.6. The van der Waals surface area contributed by atoms with Gasteiger partial charge in [0.1, 0.15) is 5.82 Å². The molecule has 0 aliphatic heterocycles. The van der Waals surface area contributed by atoms with Crippen LogP contribution in [0.15, 0.2) is 39.0 Å². The molecule has 0 amide bonds. The zero-order chi connectivity index (χ0) is 11.5. The highest BCUT2D eigenvalue weighted by Gasteiger charge is 2.11. The van der Waals surface area contributed by atoms with E-state index in [1.165, 1.54) is 35.2 Å². The maximum Gasteiger partial charge on any atom is 0.154 e. The predicted octanol–water partition coefficient (Wildman–Crippen LogP) is 3.49. The van der Waals surface area contributed by atoms with Crippen molar-refractivity contribution in [2.24, 2.45) is 0 Å². The molecule has 5 heteroatoms. The lowest BCUT2D eigenvalue weighted by Crippen LogP contribution is -1.95. The van der Waals surface area contributed by atoms with Crippen molar-refractivity contribution in [3.8, 4) is 0 Å². The van der Waals surface area contributed by atoms with Gasteiger partial charge in [0.15, 0.2) is 4.34 Å². The molecule has 1 atom stereocenters. The molecule has 0 aliphatic carbocycles. The van der Waals surface area contributed by atoms with Crippen LogP contribution in [0.1, 0.15) is 18.6 Å². The number of rotatable bonds is 3. The molecule has 0 fully saturated rings. The molecule has 1 aromatic heterocycles. The standard InChI is InChI=1S/C11H10FNOS2/c1-7(14)9-6-8(12)2-3-10(9)16-11-13-4-5-15-11/h2-7,14H,1H3. The van der Waals surface area contributed by atoms with Crippen molar-refractivity contribution in [3.05, 3.63) is 41.2 Å². The molecule has 0 spiro atoms. The lowest BCUT2D eigenvalue weighted by Gasteiger charge is -2.10. The van der Waals surface area contributed by atoms with Crippen LogP contribution >= 0.6 is 23.1 Å². The summed E-state index contributed by atoms with van der Waals surface area (Å²) in [5, 5.41) is 11.4. The third-order valence-corrected chi connectivity index (χ3v) is 4.00. The van der Waals surface area contributed by atoms with E-state index in [0.717, 1.165) is 9.24 Å². The van der Waals surface area contributed by atoms with Crippen molar-refractivity contribution >= 4 is 23.1 Å². The van der Waals surface area contributed by atoms with Crippen LogP contribution in [-0.4, -0.2) is 10.1 Å². The van der Waals surface area contributed by atoms with E-state index in [4.69, 9.17) is 0 Å². The van der Waals surface area contributed by atoms with Crippen LogP contribution in [0.4, 0.5) is 4.39 Å². The number of aliphatic hydroxyl groups is 1. The third-order valence-electron chi connectivity index (χ3n) is 2.03. The summed E-state index contributed by atoms with van der Waals surface area (Å²) in [4.78, 5) is 4.98. The summed E-state index contributed by atoms with van der Waals surface area (Å²) in [6, 6.07) is 4.42. The largest absolute Gasteiger partial charge is 0.389 e. The fraction of sp³-hybridized carbons (Fsp3) is 0.182. The number of hydrogen-bond donors (Lipinski definition) is 1. The van der Waals surface area contributed by atoms with Gasteiger partial charge in [-0.05, 0) is 30.7 Å². The summed E-state index contributed by atoms with van der Waals surface area (Å²) in [6.45, 7) is 1.63. The zero-order valence-electron chi connectivity index (χ0n) is 8.55. The number of benzene rings is 1. The third kappa shape index (κ3) is 2.61. The highest BCUT2D eigenvalue weighted by atomic mass is 32.2. The molecule has 84 valence electrons. The number of aromatic nitrogens is 1. The Kier molecular flexibility index (Phi) is 3.58. The van der Waals surface area contributed by atoms with Crippen LogP contribution in [-0.2, 0) is 0 Å². The van der Waals surface area contributed by atoms with Crippen LogP contribution < -0.4 is 0 Å². The lowest BCUT2D eigenvalue weighted by atomic mass is 10.1. The Morgan fingerprint density at radius 1 is 1.50 bits per heavy atom. The van der Waals surface area contributed by atoms with Gasteiger partial charge in [-0.1, -0.05) is 11.8 Å². The molecule has 16 heavy (non-hydrogen) atoms. The van der Waals surface area contributed by atoms with E-state index < -0.39 is 6.10 Å². The van der Waals surface area contributed by atoms with Gasteiger partial charge >= 0.3 is 0 Å². The first-order valence-electron chi connectivity index (χ1n) is 4.71. The van der Waals surface area contributed by atoms with Crippen LogP contribution in [0.2, 0.25) is 0 Å². The Morgan fingerprint density at radius 2 is 2.31 bits per heavy atom. The molecule has 1 unspecified atom stereocenters. The minimum atomic E-state index is -0.682. The van der Waals surface area contributed by atoms with Gasteiger partial charge in [-0.25, -0.2) is 9.37 Å². The molecule has 1 aromatic carbocycles. The van der Waals surface area contributed by atoms with E-state index in [1.54, 1.807) is 19.2 Å². The fourth-order valence-corrected chi connectivity index (χ4v) is 3.07. The number of thiazole rings is 1. The molecule has 1 N–H and O–H groups in total. The molecule has 2 rings (SSSR count). The van der Waals surface area contributed by atoms with E-state index in [1.807, 2.05) is 5.38 Å². The summed E-state index contributed by atoms with van der Waals surface area (Å²) in [5.74, 6) is -0.334. The Labute approximate surface area is 101 Å². The first-order chi connectivity index (χ1) is 7.66. The predicted molar refractivity (Wildman–Crippen MR) is 63.3 cm³/mol. The molecule has 0 saturated carbocycles. The Balaban J connectivity index is 2.33. The molecule has 2 nitrogen and oxygen atoms in total. The van der Waals surface area contributed by atoms with Gasteiger partial charge in [0.25, 0.3) is 0 Å². The lowest BCUT2D eigenvalue weighted by molar-refractivity contribution is 0.196. The second-order valence-corrected chi connectivity index (χ2v) is 5.44. The zero-order valence-corrected chi connectivity index (χ0v) is 10.2. The second kappa shape index (κ2) is 4.95. The smallest absolute Gasteiger partial charge is 0.154 e. The van der Waals surface area contributed by atoms with Gasteiger partial charge in [0.2, 0.25) is 0 Å². The summed E-state index contributed by atoms with van der Waals surface area (Å²) in [7, 11) is 0. The van der Waals surface area contributed by atoms with Crippen molar-refractivity contribution in [1.82, 2.24) is 4.98 Å². The maximum atomic E-state index is 13.1. The second-order valence-electron chi connectivity index (χ2n) is 3.26. The topological polar surface area (TPSA) is 33.1 Å². The summed E-state index contributed by atoms with van der Waals surface area (Å²) >= 11 is 2.96. The Bertz CT molecular complexity index is 471. The molecule has 0 radical (unpaired) electrons. The molecular formula is C11H10FNOS2. The summed E-state index contributed by atoms with van der Waals surface area (Å²) < 4.78 is 13.9. The van der Waals surface area contributed by atoms with Crippen LogP contribution in [0.3, 0.4) is 0 Å². The minimum absolute atomic E-state index is 0.334. The van der Waals surface area contributed by atoms with E-state index in [0.29, 0.717) is 5.56 Å². The Hall–Kier alpha value is -0.910. The van der Waals surface area contributed by atoms with Gasteiger partial charge in [-0.3, -0.25) is 0 Å². The highest BCUT2D eigenvalue weighted by molar-refractivity contribution is 8.01. The maximum absolute atomic E-state index is 13.1. The quantitative estimate of drug-likeness (QED) is 0.911. The average molecular weight is 255 g/mol. The summed E-state index contributed by atoms with van der Waals surface area (Å²) in [5.41, 5.74) is 0.597. The monoisotopic (exact) mass is 255 g/mol. The van der Waals surface area contributed by atoms with E-state index in [2.05, 4.69) is 4.98 Å². The summed E-state index contributed by atoms with van der Waals surface area (Å²) in [6.07, 6.45) is 1.04. The normalized spacial score (nSPS) is 12.7. The van der Waals surface area contributed by atoms with Crippen molar-refractivity contribution < 1.29 is 9.50 Å². The molecule has 0 aliphatic rings. The van der Waals surface area contributed by atoms with Crippen LogP contribution in [0.5, 0.6) is 0 Å². The minimum Gasteiger partial charge on any atom is -0.389 e. The molecular weight excluding hydrogens is 245 g/mol. The van der Waals surface area contributed by atoms with Gasteiger partial charge in [-0.15, -0.1) is 11.3 Å². The number of nitrogens with zero attached hydrogens (tertiary/aromatic N) is 1. The van der Waals surface area contributed by atoms with Crippen molar-refractivity contribution in [1.29, 1.82) is 0 Å². The molecule has 0 bridgehead atoms. The van der Waals surface area contributed by atoms with Crippen molar-refractivity contribution in [2.75, 3.05) is 0 Å². The van der Waals surface area contributed by atoms with Gasteiger partial charge < -0.3 is 5.11 Å². The van der Waals surface area contributed by atoms with E-state index >= 15 is 0 Å². The average Bonchev–Trinajstić information content (AvgIpc) is 2.73. The number of hydrogen-bond acceptors (Lipinski definition) is 4. The van der Waals surface area contributed by atoms with E-state index in [9.17, 15) is 9.50 Å². The van der Waals surface area contributed by atoms with Crippen LogP contribution in [0, 0.1) is 5.82 Å². The number of halogens is 1. The molecule has 2 aromatic rings.